The average molecular weight is 247 g/mol. The molecule has 1 saturated carbocycles. The van der Waals surface area contributed by atoms with Crippen molar-refractivity contribution in [3.63, 3.8) is 0 Å². The number of rotatable bonds is 3. The van der Waals surface area contributed by atoms with Crippen LogP contribution in [-0.2, 0) is 0 Å². The maximum absolute atomic E-state index is 12.1. The molecule has 0 radical (unpaired) electrons. The van der Waals surface area contributed by atoms with Crippen molar-refractivity contribution in [2.45, 2.75) is 45.1 Å². The fraction of sp³-hybridized carbons (Fsp3) is 0.571. The molecule has 0 bridgehead atoms. The van der Waals surface area contributed by atoms with Gasteiger partial charge in [0.15, 0.2) is 5.69 Å². The standard InChI is InChI=1S/C14H21N3O/c1-2-10-5-3-6-11(9-10)17-14(18)13-12(15)7-4-8-16-13/h4,7-8,10-11H,2-3,5-6,9,15H2,1H3,(H,17,18). The van der Waals surface area contributed by atoms with Crippen molar-refractivity contribution < 1.29 is 4.79 Å². The van der Waals surface area contributed by atoms with E-state index in [0.29, 0.717) is 11.4 Å². The monoisotopic (exact) mass is 247 g/mol. The quantitative estimate of drug-likeness (QED) is 0.861. The van der Waals surface area contributed by atoms with Crippen molar-refractivity contribution in [3.05, 3.63) is 24.0 Å². The molecule has 4 heteroatoms. The van der Waals surface area contributed by atoms with Crippen LogP contribution in [0, 0.1) is 5.92 Å². The van der Waals surface area contributed by atoms with Gasteiger partial charge in [-0.3, -0.25) is 4.79 Å². The summed E-state index contributed by atoms with van der Waals surface area (Å²) in [7, 11) is 0. The van der Waals surface area contributed by atoms with E-state index >= 15 is 0 Å². The fourth-order valence-corrected chi connectivity index (χ4v) is 2.65. The molecular formula is C14H21N3O. The number of nitrogens with one attached hydrogen (secondary N) is 1. The van der Waals surface area contributed by atoms with Crippen molar-refractivity contribution in [3.8, 4) is 0 Å². The lowest BCUT2D eigenvalue weighted by molar-refractivity contribution is 0.0915. The van der Waals surface area contributed by atoms with Gasteiger partial charge in [0.05, 0.1) is 5.69 Å². The molecule has 0 aromatic carbocycles. The van der Waals surface area contributed by atoms with E-state index in [2.05, 4.69) is 17.2 Å². The minimum atomic E-state index is -0.144. The Balaban J connectivity index is 1.97. The minimum absolute atomic E-state index is 0.144. The van der Waals surface area contributed by atoms with Crippen molar-refractivity contribution >= 4 is 11.6 Å². The van der Waals surface area contributed by atoms with Crippen LogP contribution in [0.5, 0.6) is 0 Å². The summed E-state index contributed by atoms with van der Waals surface area (Å²) in [6.45, 7) is 2.21. The topological polar surface area (TPSA) is 68.0 Å². The van der Waals surface area contributed by atoms with Crippen LogP contribution in [0.4, 0.5) is 5.69 Å². The third-order valence-corrected chi connectivity index (χ3v) is 3.75. The lowest BCUT2D eigenvalue weighted by Gasteiger charge is -2.29. The number of carbonyl (C=O) groups is 1. The zero-order valence-electron chi connectivity index (χ0n) is 10.9. The molecule has 1 aliphatic rings. The summed E-state index contributed by atoms with van der Waals surface area (Å²) < 4.78 is 0. The lowest BCUT2D eigenvalue weighted by atomic mass is 9.84. The number of pyridine rings is 1. The van der Waals surface area contributed by atoms with Gasteiger partial charge in [0.2, 0.25) is 0 Å². The van der Waals surface area contributed by atoms with Gasteiger partial charge in [0.25, 0.3) is 5.91 Å². The number of amides is 1. The molecule has 2 rings (SSSR count). The summed E-state index contributed by atoms with van der Waals surface area (Å²) in [5.41, 5.74) is 6.54. The van der Waals surface area contributed by atoms with E-state index in [4.69, 9.17) is 5.73 Å². The summed E-state index contributed by atoms with van der Waals surface area (Å²) in [5.74, 6) is 0.597. The fourth-order valence-electron chi connectivity index (χ4n) is 2.65. The van der Waals surface area contributed by atoms with Crippen molar-refractivity contribution in [2.24, 2.45) is 5.92 Å². The Hall–Kier alpha value is -1.58. The first-order valence-corrected chi connectivity index (χ1v) is 6.72. The molecule has 0 saturated heterocycles. The molecular weight excluding hydrogens is 226 g/mol. The van der Waals surface area contributed by atoms with Crippen LogP contribution < -0.4 is 11.1 Å². The van der Waals surface area contributed by atoms with Crippen molar-refractivity contribution in [2.75, 3.05) is 5.73 Å². The third-order valence-electron chi connectivity index (χ3n) is 3.75. The predicted molar refractivity (Wildman–Crippen MR) is 72.2 cm³/mol. The molecule has 1 heterocycles. The molecule has 1 aromatic rings. The smallest absolute Gasteiger partial charge is 0.272 e. The molecule has 1 amide bonds. The summed E-state index contributed by atoms with van der Waals surface area (Å²) in [5, 5.41) is 3.06. The Bertz CT molecular complexity index is 419. The lowest BCUT2D eigenvalue weighted by Crippen LogP contribution is -2.38. The highest BCUT2D eigenvalue weighted by molar-refractivity contribution is 5.97. The van der Waals surface area contributed by atoms with E-state index in [9.17, 15) is 4.79 Å². The summed E-state index contributed by atoms with van der Waals surface area (Å²) in [6, 6.07) is 3.72. The number of nitrogens with two attached hydrogens (primary N) is 1. The van der Waals surface area contributed by atoms with Crippen LogP contribution in [0.1, 0.15) is 49.5 Å². The highest BCUT2D eigenvalue weighted by Gasteiger charge is 2.23. The van der Waals surface area contributed by atoms with Crippen molar-refractivity contribution in [1.29, 1.82) is 0 Å². The Morgan fingerprint density at radius 1 is 1.56 bits per heavy atom. The number of nitrogen functional groups attached to an aromatic ring is 1. The second-order valence-corrected chi connectivity index (χ2v) is 5.05. The molecule has 1 aromatic heterocycles. The second kappa shape index (κ2) is 5.85. The van der Waals surface area contributed by atoms with Gasteiger partial charge in [-0.15, -0.1) is 0 Å². The van der Waals surface area contributed by atoms with Crippen LogP contribution in [0.25, 0.3) is 0 Å². The molecule has 98 valence electrons. The van der Waals surface area contributed by atoms with Gasteiger partial charge < -0.3 is 11.1 Å². The van der Waals surface area contributed by atoms with E-state index in [1.165, 1.54) is 19.3 Å². The largest absolute Gasteiger partial charge is 0.397 e. The van der Waals surface area contributed by atoms with Gasteiger partial charge in [-0.1, -0.05) is 26.2 Å². The minimum Gasteiger partial charge on any atom is -0.397 e. The number of hydrogen-bond donors (Lipinski definition) is 2. The van der Waals surface area contributed by atoms with Crippen LogP contribution in [0.3, 0.4) is 0 Å². The average Bonchev–Trinajstić information content (AvgIpc) is 2.39. The van der Waals surface area contributed by atoms with E-state index in [-0.39, 0.29) is 11.9 Å². The molecule has 18 heavy (non-hydrogen) atoms. The summed E-state index contributed by atoms with van der Waals surface area (Å²) in [4.78, 5) is 16.1. The number of anilines is 1. The van der Waals surface area contributed by atoms with Crippen LogP contribution >= 0.6 is 0 Å². The summed E-state index contributed by atoms with van der Waals surface area (Å²) >= 11 is 0. The maximum Gasteiger partial charge on any atom is 0.272 e. The van der Waals surface area contributed by atoms with Gasteiger partial charge in [0, 0.05) is 12.2 Å². The first kappa shape index (κ1) is 12.9. The number of nitrogens with zero attached hydrogens (tertiary/aromatic N) is 1. The number of carbonyl (C=O) groups excluding carboxylic acids is 1. The Morgan fingerprint density at radius 2 is 2.39 bits per heavy atom. The van der Waals surface area contributed by atoms with E-state index in [0.717, 1.165) is 18.8 Å². The van der Waals surface area contributed by atoms with Crippen LogP contribution in [-0.4, -0.2) is 16.9 Å². The van der Waals surface area contributed by atoms with E-state index in [1.54, 1.807) is 18.3 Å². The number of aromatic nitrogens is 1. The van der Waals surface area contributed by atoms with E-state index in [1.807, 2.05) is 0 Å². The molecule has 2 unspecified atom stereocenters. The SMILES string of the molecule is CCC1CCCC(NC(=O)c2ncccc2N)C1. The Labute approximate surface area is 108 Å². The van der Waals surface area contributed by atoms with Gasteiger partial charge in [0.1, 0.15) is 0 Å². The first-order chi connectivity index (χ1) is 8.70. The molecule has 2 atom stereocenters. The Morgan fingerprint density at radius 3 is 3.11 bits per heavy atom. The van der Waals surface area contributed by atoms with Gasteiger partial charge >= 0.3 is 0 Å². The Kier molecular flexibility index (Phi) is 4.18. The molecule has 1 aliphatic carbocycles. The highest BCUT2D eigenvalue weighted by atomic mass is 16.1. The van der Waals surface area contributed by atoms with Gasteiger partial charge in [-0.2, -0.15) is 0 Å². The highest BCUT2D eigenvalue weighted by Crippen LogP contribution is 2.26. The normalized spacial score (nSPS) is 23.6. The molecule has 3 N–H and O–H groups in total. The number of hydrogen-bond acceptors (Lipinski definition) is 3. The second-order valence-electron chi connectivity index (χ2n) is 5.05. The summed E-state index contributed by atoms with van der Waals surface area (Å²) in [6.07, 6.45) is 7.42. The van der Waals surface area contributed by atoms with Crippen molar-refractivity contribution in [1.82, 2.24) is 10.3 Å². The zero-order valence-corrected chi connectivity index (χ0v) is 10.9. The molecule has 0 aliphatic heterocycles. The maximum atomic E-state index is 12.1. The predicted octanol–water partition coefficient (Wildman–Crippen LogP) is 2.36. The molecule has 0 spiro atoms. The van der Waals surface area contributed by atoms with Gasteiger partial charge in [-0.05, 0) is 30.9 Å². The molecule has 1 fully saturated rings. The zero-order chi connectivity index (χ0) is 13.0. The molecule has 4 nitrogen and oxygen atoms in total. The van der Waals surface area contributed by atoms with Crippen LogP contribution in [0.15, 0.2) is 18.3 Å². The van der Waals surface area contributed by atoms with Crippen LogP contribution in [0.2, 0.25) is 0 Å². The van der Waals surface area contributed by atoms with Gasteiger partial charge in [-0.25, -0.2) is 4.98 Å². The first-order valence-electron chi connectivity index (χ1n) is 6.72. The van der Waals surface area contributed by atoms with E-state index < -0.39 is 0 Å². The third kappa shape index (κ3) is 3.00.